The second-order valence-corrected chi connectivity index (χ2v) is 9.44. The molecule has 0 spiro atoms. The quantitative estimate of drug-likeness (QED) is 0.424. The third-order valence-electron chi connectivity index (χ3n) is 6.28. The van der Waals surface area contributed by atoms with E-state index in [-0.39, 0.29) is 16.9 Å². The first kappa shape index (κ1) is 20.9. The summed E-state index contributed by atoms with van der Waals surface area (Å²) < 4.78 is 2.91. The maximum Gasteiger partial charge on any atom is 0.258 e. The first-order chi connectivity index (χ1) is 16.7. The molecule has 0 atom stereocenters. The molecule has 5 aromatic rings. The summed E-state index contributed by atoms with van der Waals surface area (Å²) in [6, 6.07) is 11.4. The number of carbonyl (C=O) groups is 1. The van der Waals surface area contributed by atoms with Gasteiger partial charge >= 0.3 is 0 Å². The number of thiazole rings is 1. The highest BCUT2D eigenvalue weighted by Crippen LogP contribution is 2.31. The van der Waals surface area contributed by atoms with Crippen LogP contribution in [0.3, 0.4) is 0 Å². The summed E-state index contributed by atoms with van der Waals surface area (Å²) in [5.41, 5.74) is 2.73. The first-order valence-corrected chi connectivity index (χ1v) is 12.2. The molecule has 0 aliphatic carbocycles. The Hall–Kier alpha value is -3.69. The van der Waals surface area contributed by atoms with Gasteiger partial charge in [-0.15, -0.1) is 11.3 Å². The molecule has 1 N–H and O–H groups in total. The highest BCUT2D eigenvalue weighted by atomic mass is 32.1. The molecule has 6 rings (SSSR count). The summed E-state index contributed by atoms with van der Waals surface area (Å²) in [5.74, 6) is -0.337. The lowest BCUT2D eigenvalue weighted by molar-refractivity contribution is 0.0950. The summed E-state index contributed by atoms with van der Waals surface area (Å²) in [6.45, 7) is 3.43. The minimum Gasteiger partial charge on any atom is -0.351 e. The summed E-state index contributed by atoms with van der Waals surface area (Å²) in [4.78, 5) is 42.8. The fraction of sp³-hybridized carbons (Fsp3) is 0.240. The zero-order chi connectivity index (χ0) is 23.1. The molecule has 0 radical (unpaired) electrons. The van der Waals surface area contributed by atoms with E-state index in [4.69, 9.17) is 4.98 Å². The van der Waals surface area contributed by atoms with Crippen LogP contribution in [-0.2, 0) is 0 Å². The molecule has 9 heteroatoms. The molecule has 1 saturated heterocycles. The minimum absolute atomic E-state index is 0.174. The van der Waals surface area contributed by atoms with Crippen LogP contribution in [0.15, 0.2) is 59.9 Å². The highest BCUT2D eigenvalue weighted by molar-refractivity contribution is 7.24. The van der Waals surface area contributed by atoms with Crippen LogP contribution in [-0.4, -0.2) is 56.3 Å². The molecular weight excluding hydrogens is 448 g/mol. The van der Waals surface area contributed by atoms with E-state index >= 15 is 0 Å². The molecule has 4 aromatic heterocycles. The van der Waals surface area contributed by atoms with E-state index in [1.54, 1.807) is 24.5 Å². The Morgan fingerprint density at radius 3 is 2.68 bits per heavy atom. The molecule has 0 saturated carbocycles. The Morgan fingerprint density at radius 1 is 1.06 bits per heavy atom. The predicted molar refractivity (Wildman–Crippen MR) is 133 cm³/mol. The average Bonchev–Trinajstić information content (AvgIpc) is 3.52. The lowest BCUT2D eigenvalue weighted by Gasteiger charge is -2.15. The number of aromatic nitrogens is 4. The van der Waals surface area contributed by atoms with Gasteiger partial charge in [-0.2, -0.15) is 0 Å². The van der Waals surface area contributed by atoms with Gasteiger partial charge in [0.2, 0.25) is 5.43 Å². The van der Waals surface area contributed by atoms with Gasteiger partial charge in [-0.25, -0.2) is 15.0 Å². The van der Waals surface area contributed by atoms with E-state index in [1.807, 2.05) is 28.7 Å². The fourth-order valence-electron chi connectivity index (χ4n) is 4.60. The van der Waals surface area contributed by atoms with Crippen LogP contribution in [0.5, 0.6) is 0 Å². The standard InChI is InChI=1S/C25H22N6O2S/c32-22-17-7-8-18(16-13-26-15-27-14-16)29-23(17)31-19-5-1-2-6-20(19)34-25(31)21(22)24(33)28-9-12-30-10-3-4-11-30/h1-2,5-8,13-15H,3-4,9-12H2,(H,28,33). The van der Waals surface area contributed by atoms with Gasteiger partial charge < -0.3 is 10.2 Å². The van der Waals surface area contributed by atoms with Crippen LogP contribution in [0.25, 0.3) is 37.3 Å². The molecule has 5 heterocycles. The summed E-state index contributed by atoms with van der Waals surface area (Å²) in [7, 11) is 0. The van der Waals surface area contributed by atoms with Gasteiger partial charge in [0, 0.05) is 31.0 Å². The largest absolute Gasteiger partial charge is 0.351 e. The van der Waals surface area contributed by atoms with Gasteiger partial charge in [0.1, 0.15) is 22.4 Å². The number of para-hydroxylation sites is 1. The van der Waals surface area contributed by atoms with Crippen molar-refractivity contribution in [3.63, 3.8) is 0 Å². The van der Waals surface area contributed by atoms with Crippen molar-refractivity contribution < 1.29 is 4.79 Å². The van der Waals surface area contributed by atoms with Crippen molar-refractivity contribution in [1.29, 1.82) is 0 Å². The number of fused-ring (bicyclic) bond motifs is 5. The summed E-state index contributed by atoms with van der Waals surface area (Å²) >= 11 is 1.43. The van der Waals surface area contributed by atoms with Crippen LogP contribution < -0.4 is 10.7 Å². The van der Waals surface area contributed by atoms with Crippen molar-refractivity contribution in [3.8, 4) is 11.3 Å². The molecule has 170 valence electrons. The molecule has 8 nitrogen and oxygen atoms in total. The van der Waals surface area contributed by atoms with Gasteiger partial charge in [0.25, 0.3) is 5.91 Å². The van der Waals surface area contributed by atoms with Gasteiger partial charge in [-0.05, 0) is 50.2 Å². The monoisotopic (exact) mass is 470 g/mol. The minimum atomic E-state index is -0.337. The predicted octanol–water partition coefficient (Wildman–Crippen LogP) is 3.35. The van der Waals surface area contributed by atoms with Gasteiger partial charge in [0.15, 0.2) is 0 Å². The van der Waals surface area contributed by atoms with E-state index in [0.29, 0.717) is 28.1 Å². The Morgan fingerprint density at radius 2 is 1.85 bits per heavy atom. The second-order valence-electron chi connectivity index (χ2n) is 8.41. The Labute approximate surface area is 198 Å². The SMILES string of the molecule is O=C(NCCN1CCCC1)c1c(=O)c2ccc(-c3cncnc3)nc2n2c1sc1ccccc12. The zero-order valence-electron chi connectivity index (χ0n) is 18.4. The van der Waals surface area contributed by atoms with Crippen molar-refractivity contribution in [2.45, 2.75) is 12.8 Å². The van der Waals surface area contributed by atoms with E-state index in [2.05, 4.69) is 20.2 Å². The van der Waals surface area contributed by atoms with Crippen molar-refractivity contribution in [1.82, 2.24) is 29.6 Å². The van der Waals surface area contributed by atoms with Crippen molar-refractivity contribution >= 4 is 43.3 Å². The topological polar surface area (TPSA) is 92.5 Å². The van der Waals surface area contributed by atoms with Crippen LogP contribution >= 0.6 is 11.3 Å². The van der Waals surface area contributed by atoms with Crippen molar-refractivity contribution in [2.75, 3.05) is 26.2 Å². The van der Waals surface area contributed by atoms with E-state index in [0.717, 1.165) is 35.4 Å². The van der Waals surface area contributed by atoms with Crippen LogP contribution in [0.2, 0.25) is 0 Å². The smallest absolute Gasteiger partial charge is 0.258 e. The first-order valence-electron chi connectivity index (χ1n) is 11.3. The van der Waals surface area contributed by atoms with E-state index in [9.17, 15) is 9.59 Å². The molecule has 0 unspecified atom stereocenters. The molecule has 1 amide bonds. The zero-order valence-corrected chi connectivity index (χ0v) is 19.2. The Kier molecular flexibility index (Phi) is 5.27. The van der Waals surface area contributed by atoms with E-state index < -0.39 is 0 Å². The number of likely N-dealkylation sites (tertiary alicyclic amines) is 1. The van der Waals surface area contributed by atoms with Gasteiger partial charge in [0.05, 0.1) is 21.3 Å². The summed E-state index contributed by atoms with van der Waals surface area (Å²) in [6.07, 6.45) is 7.25. The fourth-order valence-corrected chi connectivity index (χ4v) is 5.79. The number of pyridine rings is 2. The number of carbonyl (C=O) groups excluding carboxylic acids is 1. The van der Waals surface area contributed by atoms with Crippen LogP contribution in [0.4, 0.5) is 0 Å². The molecular formula is C25H22N6O2S. The molecule has 1 fully saturated rings. The van der Waals surface area contributed by atoms with Crippen molar-refractivity contribution in [2.24, 2.45) is 0 Å². The lowest BCUT2D eigenvalue weighted by Crippen LogP contribution is -2.35. The normalized spacial score (nSPS) is 14.4. The number of nitrogens with zero attached hydrogens (tertiary/aromatic N) is 5. The number of hydrogen-bond donors (Lipinski definition) is 1. The Bertz CT molecular complexity index is 1590. The van der Waals surface area contributed by atoms with E-state index in [1.165, 1.54) is 30.5 Å². The van der Waals surface area contributed by atoms with Crippen LogP contribution in [0.1, 0.15) is 23.2 Å². The third-order valence-corrected chi connectivity index (χ3v) is 7.43. The van der Waals surface area contributed by atoms with Crippen LogP contribution in [0, 0.1) is 0 Å². The highest BCUT2D eigenvalue weighted by Gasteiger charge is 2.23. The number of amides is 1. The number of rotatable bonds is 5. The second kappa shape index (κ2) is 8.58. The Balaban J connectivity index is 1.51. The number of nitrogens with one attached hydrogen (secondary N) is 1. The lowest BCUT2D eigenvalue weighted by atomic mass is 10.1. The third kappa shape index (κ3) is 3.53. The number of benzene rings is 1. The maximum atomic E-state index is 13.6. The summed E-state index contributed by atoms with van der Waals surface area (Å²) in [5, 5.41) is 3.39. The van der Waals surface area contributed by atoms with Crippen molar-refractivity contribution in [3.05, 3.63) is 70.9 Å². The van der Waals surface area contributed by atoms with Gasteiger partial charge in [-0.3, -0.25) is 14.0 Å². The molecule has 1 aliphatic heterocycles. The molecule has 0 bridgehead atoms. The molecule has 1 aromatic carbocycles. The molecule has 1 aliphatic rings. The number of hydrogen-bond acceptors (Lipinski definition) is 7. The average molecular weight is 471 g/mol. The van der Waals surface area contributed by atoms with Gasteiger partial charge in [-0.1, -0.05) is 12.1 Å². The maximum absolute atomic E-state index is 13.6. The molecule has 34 heavy (non-hydrogen) atoms.